The van der Waals surface area contributed by atoms with Crippen molar-refractivity contribution in [3.63, 3.8) is 0 Å². The summed E-state index contributed by atoms with van der Waals surface area (Å²) in [5.41, 5.74) is -0.0438. The van der Waals surface area contributed by atoms with Gasteiger partial charge >= 0.3 is 0 Å². The molecule has 0 atom stereocenters. The van der Waals surface area contributed by atoms with Crippen LogP contribution in [0.4, 0.5) is 18.9 Å². The van der Waals surface area contributed by atoms with Gasteiger partial charge in [0.1, 0.15) is 5.82 Å². The van der Waals surface area contributed by atoms with Crippen molar-refractivity contribution in [1.82, 2.24) is 0 Å². The zero-order valence-corrected chi connectivity index (χ0v) is 7.15. The Balaban J connectivity index is 2.97. The molecule has 0 aliphatic rings. The predicted molar refractivity (Wildman–Crippen MR) is 45.5 cm³/mol. The van der Waals surface area contributed by atoms with Crippen molar-refractivity contribution in [2.75, 3.05) is 11.9 Å². The van der Waals surface area contributed by atoms with Gasteiger partial charge in [-0.1, -0.05) is 0 Å². The summed E-state index contributed by atoms with van der Waals surface area (Å²) >= 11 is 0. The minimum atomic E-state index is -2.77. The van der Waals surface area contributed by atoms with Crippen molar-refractivity contribution >= 4 is 5.69 Å². The normalized spacial score (nSPS) is 10.5. The van der Waals surface area contributed by atoms with E-state index in [9.17, 15) is 13.2 Å². The van der Waals surface area contributed by atoms with Gasteiger partial charge in [0.15, 0.2) is 0 Å². The van der Waals surface area contributed by atoms with Gasteiger partial charge in [-0.15, -0.1) is 0 Å². The van der Waals surface area contributed by atoms with E-state index in [4.69, 9.17) is 0 Å². The minimum Gasteiger partial charge on any atom is -0.385 e. The molecule has 0 spiro atoms. The summed E-state index contributed by atoms with van der Waals surface area (Å²) in [4.78, 5) is 0. The van der Waals surface area contributed by atoms with Crippen LogP contribution in [0.3, 0.4) is 0 Å². The van der Waals surface area contributed by atoms with Crippen LogP contribution >= 0.6 is 0 Å². The molecule has 0 heterocycles. The monoisotopic (exact) mass is 189 g/mol. The Kier molecular flexibility index (Phi) is 3.17. The van der Waals surface area contributed by atoms with Crippen LogP contribution in [0, 0.1) is 5.82 Å². The minimum absolute atomic E-state index is 0.513. The number of hydrogen-bond acceptors (Lipinski definition) is 1. The molecule has 0 bridgehead atoms. The Bertz CT molecular complexity index is 286. The number of rotatable bonds is 3. The molecule has 0 saturated carbocycles. The highest BCUT2D eigenvalue weighted by Crippen LogP contribution is 2.24. The zero-order valence-electron chi connectivity index (χ0n) is 7.15. The van der Waals surface area contributed by atoms with E-state index in [1.165, 1.54) is 6.07 Å². The molecular formula is C9H10F3N. The number of hydrogen-bond donors (Lipinski definition) is 1. The van der Waals surface area contributed by atoms with E-state index >= 15 is 0 Å². The third-order valence-corrected chi connectivity index (χ3v) is 1.61. The van der Waals surface area contributed by atoms with Crippen LogP contribution in [-0.4, -0.2) is 6.54 Å². The molecule has 1 N–H and O–H groups in total. The maximum Gasteiger partial charge on any atom is 0.266 e. The fourth-order valence-electron chi connectivity index (χ4n) is 1.03. The maximum absolute atomic E-state index is 12.8. The fraction of sp³-hybridized carbons (Fsp3) is 0.333. The van der Waals surface area contributed by atoms with Crippen LogP contribution in [0.15, 0.2) is 18.2 Å². The van der Waals surface area contributed by atoms with E-state index in [0.717, 1.165) is 12.1 Å². The summed E-state index contributed by atoms with van der Waals surface area (Å²) < 4.78 is 37.1. The average Bonchev–Trinajstić information content (AvgIpc) is 2.08. The van der Waals surface area contributed by atoms with Crippen LogP contribution in [0.1, 0.15) is 18.9 Å². The van der Waals surface area contributed by atoms with Gasteiger partial charge in [0, 0.05) is 12.2 Å². The predicted octanol–water partition coefficient (Wildman–Crippen LogP) is 3.20. The fourth-order valence-corrected chi connectivity index (χ4v) is 1.03. The zero-order chi connectivity index (χ0) is 9.84. The average molecular weight is 189 g/mol. The van der Waals surface area contributed by atoms with Crippen LogP contribution in [0.5, 0.6) is 0 Å². The third kappa shape index (κ3) is 2.37. The molecule has 1 aromatic rings. The summed E-state index contributed by atoms with van der Waals surface area (Å²) in [6, 6.07) is 3.60. The molecule has 0 fully saturated rings. The van der Waals surface area contributed by atoms with Gasteiger partial charge in [0.2, 0.25) is 0 Å². The van der Waals surface area contributed by atoms with E-state index in [1.807, 2.05) is 6.92 Å². The highest BCUT2D eigenvalue weighted by atomic mass is 19.3. The third-order valence-electron chi connectivity index (χ3n) is 1.61. The number of benzene rings is 1. The second-order valence-electron chi connectivity index (χ2n) is 2.57. The summed E-state index contributed by atoms with van der Waals surface area (Å²) in [5, 5.41) is 2.83. The summed E-state index contributed by atoms with van der Waals surface area (Å²) in [7, 11) is 0. The quantitative estimate of drug-likeness (QED) is 0.769. The molecule has 1 nitrogen and oxygen atoms in total. The first kappa shape index (κ1) is 9.89. The molecule has 0 amide bonds. The summed E-state index contributed by atoms with van der Waals surface area (Å²) in [6.07, 6.45) is -2.77. The van der Waals surface area contributed by atoms with Crippen molar-refractivity contribution in [3.8, 4) is 0 Å². The maximum atomic E-state index is 12.8. The lowest BCUT2D eigenvalue weighted by atomic mass is 10.2. The Labute approximate surface area is 74.6 Å². The Hall–Kier alpha value is -1.19. The summed E-state index contributed by atoms with van der Waals surface area (Å²) in [6.45, 7) is 2.46. The molecular weight excluding hydrogens is 179 g/mol. The van der Waals surface area contributed by atoms with Gasteiger partial charge in [-0.05, 0) is 25.1 Å². The topological polar surface area (TPSA) is 12.0 Å². The molecule has 72 valence electrons. The van der Waals surface area contributed by atoms with Gasteiger partial charge in [0.25, 0.3) is 6.43 Å². The van der Waals surface area contributed by atoms with Gasteiger partial charge in [-0.2, -0.15) is 0 Å². The molecule has 1 rings (SSSR count). The molecule has 13 heavy (non-hydrogen) atoms. The summed E-state index contributed by atoms with van der Waals surface area (Å²) in [5.74, 6) is -0.864. The first-order valence-corrected chi connectivity index (χ1v) is 3.96. The number of alkyl halides is 2. The van der Waals surface area contributed by atoms with Crippen molar-refractivity contribution in [1.29, 1.82) is 0 Å². The first-order valence-electron chi connectivity index (χ1n) is 3.96. The smallest absolute Gasteiger partial charge is 0.266 e. The molecule has 0 aromatic heterocycles. The van der Waals surface area contributed by atoms with Gasteiger partial charge < -0.3 is 5.32 Å². The van der Waals surface area contributed by atoms with E-state index in [1.54, 1.807) is 0 Å². The van der Waals surface area contributed by atoms with Crippen molar-refractivity contribution in [2.45, 2.75) is 13.3 Å². The molecule has 0 radical (unpaired) electrons. The molecule has 4 heteroatoms. The molecule has 0 aliphatic heterocycles. The lowest BCUT2D eigenvalue weighted by Crippen LogP contribution is -1.99. The van der Waals surface area contributed by atoms with Crippen molar-refractivity contribution in [2.24, 2.45) is 0 Å². The number of halogens is 3. The lowest BCUT2D eigenvalue weighted by Gasteiger charge is -2.06. The van der Waals surface area contributed by atoms with Gasteiger partial charge in [0.05, 0.1) is 5.56 Å². The Morgan fingerprint density at radius 2 is 2.08 bits per heavy atom. The van der Waals surface area contributed by atoms with Crippen LogP contribution in [0.25, 0.3) is 0 Å². The molecule has 0 aliphatic carbocycles. The van der Waals surface area contributed by atoms with Gasteiger partial charge in [-0.3, -0.25) is 0 Å². The van der Waals surface area contributed by atoms with E-state index in [0.29, 0.717) is 12.2 Å². The Morgan fingerprint density at radius 1 is 1.38 bits per heavy atom. The van der Waals surface area contributed by atoms with E-state index < -0.39 is 17.8 Å². The highest BCUT2D eigenvalue weighted by Gasteiger charge is 2.13. The molecule has 1 aromatic carbocycles. The van der Waals surface area contributed by atoms with E-state index in [2.05, 4.69) is 5.32 Å². The SMILES string of the molecule is CCNc1ccc(F)c(C(F)F)c1. The van der Waals surface area contributed by atoms with Gasteiger partial charge in [-0.25, -0.2) is 13.2 Å². The number of anilines is 1. The second kappa shape index (κ2) is 4.16. The van der Waals surface area contributed by atoms with Crippen LogP contribution in [0.2, 0.25) is 0 Å². The molecule has 0 unspecified atom stereocenters. The molecule has 0 saturated heterocycles. The Morgan fingerprint density at radius 3 is 2.62 bits per heavy atom. The van der Waals surface area contributed by atoms with Crippen LogP contribution < -0.4 is 5.32 Å². The first-order chi connectivity index (χ1) is 6.15. The highest BCUT2D eigenvalue weighted by molar-refractivity contribution is 5.46. The second-order valence-corrected chi connectivity index (χ2v) is 2.57. The van der Waals surface area contributed by atoms with E-state index in [-0.39, 0.29) is 0 Å². The van der Waals surface area contributed by atoms with Crippen molar-refractivity contribution < 1.29 is 13.2 Å². The number of nitrogens with one attached hydrogen (secondary N) is 1. The largest absolute Gasteiger partial charge is 0.385 e. The standard InChI is InChI=1S/C9H10F3N/c1-2-13-6-3-4-8(10)7(5-6)9(11)12/h3-5,9,13H,2H2,1H3. The van der Waals surface area contributed by atoms with Crippen molar-refractivity contribution in [3.05, 3.63) is 29.6 Å². The van der Waals surface area contributed by atoms with Crippen LogP contribution in [-0.2, 0) is 0 Å². The lowest BCUT2D eigenvalue weighted by molar-refractivity contribution is 0.146.